The maximum atomic E-state index is 11.3. The summed E-state index contributed by atoms with van der Waals surface area (Å²) < 4.78 is 5.26. The van der Waals surface area contributed by atoms with E-state index in [0.717, 1.165) is 11.3 Å². The number of para-hydroxylation sites is 2. The highest BCUT2D eigenvalue weighted by molar-refractivity contribution is 5.87. The zero-order chi connectivity index (χ0) is 17.7. The van der Waals surface area contributed by atoms with Gasteiger partial charge in [-0.3, -0.25) is 9.79 Å². The molecule has 0 heterocycles. The second-order valence-corrected chi connectivity index (χ2v) is 6.48. The first-order valence-electron chi connectivity index (χ1n) is 8.34. The molecule has 0 N–H and O–H groups in total. The van der Waals surface area contributed by atoms with E-state index in [1.807, 2.05) is 18.2 Å². The molecule has 126 valence electrons. The highest BCUT2D eigenvalue weighted by atomic mass is 16.5. The van der Waals surface area contributed by atoms with Crippen molar-refractivity contribution < 1.29 is 9.53 Å². The molecule has 0 fully saturated rings. The minimum atomic E-state index is -0.332. The van der Waals surface area contributed by atoms with E-state index >= 15 is 0 Å². The van der Waals surface area contributed by atoms with Crippen LogP contribution in [0.5, 0.6) is 5.75 Å². The van der Waals surface area contributed by atoms with E-state index < -0.39 is 0 Å². The van der Waals surface area contributed by atoms with Gasteiger partial charge in [-0.25, -0.2) is 0 Å². The van der Waals surface area contributed by atoms with E-state index in [0.29, 0.717) is 17.6 Å². The van der Waals surface area contributed by atoms with Crippen LogP contribution in [-0.4, -0.2) is 12.2 Å². The molecule has 0 bridgehead atoms. The number of hydrogen-bond acceptors (Lipinski definition) is 3. The van der Waals surface area contributed by atoms with Crippen LogP contribution in [0.2, 0.25) is 0 Å². The Labute approximate surface area is 144 Å². The van der Waals surface area contributed by atoms with Crippen LogP contribution in [0, 0.1) is 0 Å². The molecule has 0 unspecified atom stereocenters. The molecule has 0 aromatic heterocycles. The fourth-order valence-electron chi connectivity index (χ4n) is 2.63. The summed E-state index contributed by atoms with van der Waals surface area (Å²) in [6.07, 6.45) is 1.78. The third-order valence-corrected chi connectivity index (χ3v) is 3.85. The van der Waals surface area contributed by atoms with Crippen molar-refractivity contribution in [3.8, 4) is 5.75 Å². The van der Waals surface area contributed by atoms with Gasteiger partial charge in [0, 0.05) is 18.7 Å². The average molecular weight is 323 g/mol. The summed E-state index contributed by atoms with van der Waals surface area (Å²) in [5, 5.41) is 0. The van der Waals surface area contributed by atoms with E-state index in [1.165, 1.54) is 18.1 Å². The van der Waals surface area contributed by atoms with Gasteiger partial charge in [-0.2, -0.15) is 0 Å². The first kappa shape index (κ1) is 17.9. The molecule has 0 saturated carbocycles. The van der Waals surface area contributed by atoms with Crippen LogP contribution in [-0.2, 0) is 4.79 Å². The molecule has 0 radical (unpaired) electrons. The lowest BCUT2D eigenvalue weighted by atomic mass is 9.93. The molecule has 2 rings (SSSR count). The number of carbonyl (C=O) groups is 1. The van der Waals surface area contributed by atoms with Crippen molar-refractivity contribution in [3.05, 3.63) is 59.2 Å². The van der Waals surface area contributed by atoms with Gasteiger partial charge in [0.25, 0.3) is 0 Å². The summed E-state index contributed by atoms with van der Waals surface area (Å²) in [5.74, 6) is 0.974. The summed E-state index contributed by atoms with van der Waals surface area (Å²) in [6.45, 7) is 10.1. The first-order valence-corrected chi connectivity index (χ1v) is 8.34. The largest absolute Gasteiger partial charge is 0.426 e. The van der Waals surface area contributed by atoms with Crippen molar-refractivity contribution in [1.29, 1.82) is 0 Å². The fourth-order valence-corrected chi connectivity index (χ4v) is 2.63. The maximum Gasteiger partial charge on any atom is 0.308 e. The lowest BCUT2D eigenvalue weighted by Gasteiger charge is -2.16. The van der Waals surface area contributed by atoms with Crippen molar-refractivity contribution in [2.45, 2.75) is 46.5 Å². The van der Waals surface area contributed by atoms with E-state index in [2.05, 4.69) is 45.9 Å². The third-order valence-electron chi connectivity index (χ3n) is 3.85. The quantitative estimate of drug-likeness (QED) is 0.407. The normalized spacial score (nSPS) is 11.5. The Morgan fingerprint density at radius 3 is 2.08 bits per heavy atom. The van der Waals surface area contributed by atoms with Crippen molar-refractivity contribution in [2.75, 3.05) is 0 Å². The first-order chi connectivity index (χ1) is 11.4. The molecule has 0 aliphatic rings. The molecule has 24 heavy (non-hydrogen) atoms. The average Bonchev–Trinajstić information content (AvgIpc) is 2.53. The number of esters is 1. The molecule has 0 aliphatic carbocycles. The molecular formula is C21H25NO2. The molecule has 0 amide bonds. The predicted octanol–water partition coefficient (Wildman–Crippen LogP) is 5.61. The zero-order valence-electron chi connectivity index (χ0n) is 15.0. The van der Waals surface area contributed by atoms with Crippen molar-refractivity contribution in [3.63, 3.8) is 0 Å². The Morgan fingerprint density at radius 2 is 1.54 bits per heavy atom. The van der Waals surface area contributed by atoms with Gasteiger partial charge in [-0.05, 0) is 35.1 Å². The van der Waals surface area contributed by atoms with Crippen molar-refractivity contribution in [1.82, 2.24) is 0 Å². The smallest absolute Gasteiger partial charge is 0.308 e. The third kappa shape index (κ3) is 4.31. The Kier molecular flexibility index (Phi) is 5.91. The van der Waals surface area contributed by atoms with Crippen molar-refractivity contribution in [2.24, 2.45) is 4.99 Å². The lowest BCUT2D eigenvalue weighted by Crippen LogP contribution is -2.03. The van der Waals surface area contributed by atoms with Crippen LogP contribution in [0.15, 0.2) is 47.5 Å². The Hall–Kier alpha value is -2.42. The van der Waals surface area contributed by atoms with Crippen LogP contribution in [0.3, 0.4) is 0 Å². The standard InChI is InChI=1S/C21H25NO2/c1-14(2)18-10-8-11-19(15(3)4)21(18)22-13-17-9-6-7-12-20(17)24-16(5)23/h6-15H,1-5H3. The van der Waals surface area contributed by atoms with Crippen LogP contribution < -0.4 is 4.74 Å². The Balaban J connectivity index is 2.48. The van der Waals surface area contributed by atoms with Crippen LogP contribution in [0.1, 0.15) is 63.1 Å². The molecule has 0 saturated heterocycles. The molecule has 3 nitrogen and oxygen atoms in total. The van der Waals surface area contributed by atoms with Gasteiger partial charge in [0.05, 0.1) is 5.69 Å². The minimum Gasteiger partial charge on any atom is -0.426 e. The number of carbonyl (C=O) groups excluding carboxylic acids is 1. The monoisotopic (exact) mass is 323 g/mol. The lowest BCUT2D eigenvalue weighted by molar-refractivity contribution is -0.131. The maximum absolute atomic E-state index is 11.3. The number of hydrogen-bond donors (Lipinski definition) is 0. The number of rotatable bonds is 5. The second-order valence-electron chi connectivity index (χ2n) is 6.48. The van der Waals surface area contributed by atoms with Gasteiger partial charge < -0.3 is 4.74 Å². The molecule has 2 aromatic rings. The molecule has 0 atom stereocenters. The Bertz CT molecular complexity index is 719. The van der Waals surface area contributed by atoms with Gasteiger partial charge in [-0.15, -0.1) is 0 Å². The fraction of sp³-hybridized carbons (Fsp3) is 0.333. The summed E-state index contributed by atoms with van der Waals surface area (Å²) in [7, 11) is 0. The molecule has 3 heteroatoms. The summed E-state index contributed by atoms with van der Waals surface area (Å²) in [6, 6.07) is 13.8. The second kappa shape index (κ2) is 7.91. The van der Waals surface area contributed by atoms with Gasteiger partial charge in [0.2, 0.25) is 0 Å². The van der Waals surface area contributed by atoms with Crippen LogP contribution in [0.25, 0.3) is 0 Å². The SMILES string of the molecule is CC(=O)Oc1ccccc1C=Nc1c(C(C)C)cccc1C(C)C. The van der Waals surface area contributed by atoms with Gasteiger partial charge in [0.1, 0.15) is 5.75 Å². The number of nitrogens with zero attached hydrogens (tertiary/aromatic N) is 1. The summed E-state index contributed by atoms with van der Waals surface area (Å²) >= 11 is 0. The topological polar surface area (TPSA) is 38.7 Å². The minimum absolute atomic E-state index is 0.332. The predicted molar refractivity (Wildman–Crippen MR) is 99.6 cm³/mol. The highest BCUT2D eigenvalue weighted by Gasteiger charge is 2.13. The van der Waals surface area contributed by atoms with Crippen molar-refractivity contribution >= 4 is 17.9 Å². The summed E-state index contributed by atoms with van der Waals surface area (Å²) in [4.78, 5) is 16.0. The number of benzene rings is 2. The van der Waals surface area contributed by atoms with Gasteiger partial charge in [-0.1, -0.05) is 58.0 Å². The molecule has 0 spiro atoms. The van der Waals surface area contributed by atoms with Gasteiger partial charge in [0.15, 0.2) is 0 Å². The number of ether oxygens (including phenoxy) is 1. The van der Waals surface area contributed by atoms with Gasteiger partial charge >= 0.3 is 5.97 Å². The van der Waals surface area contributed by atoms with E-state index in [9.17, 15) is 4.79 Å². The molecule has 0 aliphatic heterocycles. The zero-order valence-corrected chi connectivity index (χ0v) is 15.0. The van der Waals surface area contributed by atoms with Crippen LogP contribution >= 0.6 is 0 Å². The molecular weight excluding hydrogens is 298 g/mol. The molecule has 2 aromatic carbocycles. The van der Waals surface area contributed by atoms with E-state index in [1.54, 1.807) is 12.3 Å². The highest BCUT2D eigenvalue weighted by Crippen LogP contribution is 2.34. The van der Waals surface area contributed by atoms with E-state index in [-0.39, 0.29) is 5.97 Å². The summed E-state index contributed by atoms with van der Waals surface area (Å²) in [5.41, 5.74) is 4.26. The van der Waals surface area contributed by atoms with E-state index in [4.69, 9.17) is 9.73 Å². The van der Waals surface area contributed by atoms with Crippen LogP contribution in [0.4, 0.5) is 5.69 Å². The Morgan fingerprint density at radius 1 is 0.958 bits per heavy atom. The number of aliphatic imine (C=N–C) groups is 1.